The van der Waals surface area contributed by atoms with Gasteiger partial charge in [0.1, 0.15) is 6.29 Å². The molecule has 0 unspecified atom stereocenters. The van der Waals surface area contributed by atoms with Crippen LogP contribution in [-0.2, 0) is 4.79 Å². The van der Waals surface area contributed by atoms with Gasteiger partial charge in [0.05, 0.1) is 0 Å². The number of carbonyl (C=O) groups is 1. The predicted molar refractivity (Wildman–Crippen MR) is 161 cm³/mol. The molecule has 1 nitrogen and oxygen atoms in total. The molecule has 0 aromatic rings. The van der Waals surface area contributed by atoms with Gasteiger partial charge in [0.2, 0.25) is 0 Å². The van der Waals surface area contributed by atoms with Gasteiger partial charge in [-0.25, -0.2) is 0 Å². The number of hydrogen-bond donors (Lipinski definition) is 0. The second kappa shape index (κ2) is 16.5. The molecule has 0 saturated carbocycles. The van der Waals surface area contributed by atoms with Gasteiger partial charge in [-0.15, -0.1) is 0 Å². The lowest BCUT2D eigenvalue weighted by Crippen LogP contribution is -2.19. The van der Waals surface area contributed by atoms with Gasteiger partial charge in [-0.1, -0.05) is 133 Å². The number of allylic oxidation sites excluding steroid dienone is 22. The first-order valence-corrected chi connectivity index (χ1v) is 13.0. The Morgan fingerprint density at radius 1 is 0.639 bits per heavy atom. The summed E-state index contributed by atoms with van der Waals surface area (Å²) >= 11 is 0. The van der Waals surface area contributed by atoms with Crippen molar-refractivity contribution >= 4 is 6.29 Å². The van der Waals surface area contributed by atoms with E-state index in [-0.39, 0.29) is 5.41 Å². The molecule has 192 valence electrons. The van der Waals surface area contributed by atoms with E-state index in [0.29, 0.717) is 5.57 Å². The van der Waals surface area contributed by atoms with E-state index in [4.69, 9.17) is 0 Å². The molecule has 0 saturated heterocycles. The molecule has 1 aliphatic rings. The first-order valence-electron chi connectivity index (χ1n) is 13.0. The van der Waals surface area contributed by atoms with Gasteiger partial charge in [-0.3, -0.25) is 4.79 Å². The van der Waals surface area contributed by atoms with Crippen LogP contribution in [0.25, 0.3) is 0 Å². The molecule has 0 heterocycles. The van der Waals surface area contributed by atoms with Crippen LogP contribution < -0.4 is 0 Å². The minimum Gasteiger partial charge on any atom is -0.298 e. The van der Waals surface area contributed by atoms with Crippen LogP contribution in [0, 0.1) is 5.41 Å². The van der Waals surface area contributed by atoms with E-state index in [1.165, 1.54) is 47.1 Å². The van der Waals surface area contributed by atoms with E-state index >= 15 is 0 Å². The highest BCUT2D eigenvalue weighted by atomic mass is 16.1. The van der Waals surface area contributed by atoms with Crippen molar-refractivity contribution < 1.29 is 4.79 Å². The Morgan fingerprint density at radius 2 is 1.06 bits per heavy atom. The number of rotatable bonds is 11. The second-order valence-corrected chi connectivity index (χ2v) is 10.4. The molecule has 0 fully saturated rings. The SMILES string of the molecule is CC(C=O)=C/C=C/C(C)=C/C=C/C(C)=C/C=C/C=C(C)/C=C/C=C(C)/C=C/C1=C(C)CCCC1(C)C. The zero-order chi connectivity index (χ0) is 27.0. The molecule has 1 rings (SSSR count). The van der Waals surface area contributed by atoms with Gasteiger partial charge in [-0.2, -0.15) is 0 Å². The van der Waals surface area contributed by atoms with E-state index in [1.54, 1.807) is 13.0 Å². The molecule has 0 atom stereocenters. The summed E-state index contributed by atoms with van der Waals surface area (Å²) < 4.78 is 0. The van der Waals surface area contributed by atoms with Crippen LogP contribution in [0.4, 0.5) is 0 Å². The van der Waals surface area contributed by atoms with Crippen molar-refractivity contribution in [1.29, 1.82) is 0 Å². The molecule has 0 spiro atoms. The predicted octanol–water partition coefficient (Wildman–Crippen LogP) is 10.2. The number of hydrogen-bond acceptors (Lipinski definition) is 1. The molecule has 1 aliphatic carbocycles. The summed E-state index contributed by atoms with van der Waals surface area (Å²) in [6, 6.07) is 0. The van der Waals surface area contributed by atoms with Crippen LogP contribution >= 0.6 is 0 Å². The van der Waals surface area contributed by atoms with Crippen molar-refractivity contribution in [2.24, 2.45) is 5.41 Å². The van der Waals surface area contributed by atoms with Gasteiger partial charge in [-0.05, 0) is 77.4 Å². The topological polar surface area (TPSA) is 17.1 Å². The number of carbonyl (C=O) groups excluding carboxylic acids is 1. The fraction of sp³-hybridized carbons (Fsp3) is 0.343. The van der Waals surface area contributed by atoms with E-state index in [2.05, 4.69) is 108 Å². The van der Waals surface area contributed by atoms with E-state index in [1.807, 2.05) is 25.2 Å². The quantitative estimate of drug-likeness (QED) is 0.163. The average molecular weight is 483 g/mol. The van der Waals surface area contributed by atoms with Crippen LogP contribution in [0.15, 0.2) is 130 Å². The lowest BCUT2D eigenvalue weighted by Gasteiger charge is -2.32. The zero-order valence-corrected chi connectivity index (χ0v) is 23.8. The maximum Gasteiger partial charge on any atom is 0.145 e. The van der Waals surface area contributed by atoms with Crippen molar-refractivity contribution in [2.75, 3.05) is 0 Å². The Bertz CT molecular complexity index is 1080. The summed E-state index contributed by atoms with van der Waals surface area (Å²) in [6.07, 6.45) is 35.8. The third-order valence-corrected chi connectivity index (χ3v) is 6.23. The third kappa shape index (κ3) is 13.0. The fourth-order valence-corrected chi connectivity index (χ4v) is 3.96. The highest BCUT2D eigenvalue weighted by Gasteiger charge is 2.26. The minimum absolute atomic E-state index is 0.283. The summed E-state index contributed by atoms with van der Waals surface area (Å²) in [6.45, 7) is 17.2. The second-order valence-electron chi connectivity index (χ2n) is 10.4. The van der Waals surface area contributed by atoms with Crippen molar-refractivity contribution in [3.63, 3.8) is 0 Å². The highest BCUT2D eigenvalue weighted by Crippen LogP contribution is 2.40. The normalized spacial score (nSPS) is 19.3. The summed E-state index contributed by atoms with van der Waals surface area (Å²) in [5, 5.41) is 0. The zero-order valence-electron chi connectivity index (χ0n) is 23.8. The van der Waals surface area contributed by atoms with Crippen molar-refractivity contribution in [3.8, 4) is 0 Å². The van der Waals surface area contributed by atoms with Gasteiger partial charge in [0.15, 0.2) is 0 Å². The van der Waals surface area contributed by atoms with Gasteiger partial charge in [0, 0.05) is 0 Å². The maximum atomic E-state index is 10.6. The van der Waals surface area contributed by atoms with Crippen molar-refractivity contribution in [2.45, 2.75) is 74.7 Å². The summed E-state index contributed by atoms with van der Waals surface area (Å²) in [7, 11) is 0. The molecule has 0 aromatic carbocycles. The van der Waals surface area contributed by atoms with Crippen molar-refractivity contribution in [1.82, 2.24) is 0 Å². The lowest BCUT2D eigenvalue weighted by atomic mass is 9.72. The highest BCUT2D eigenvalue weighted by molar-refractivity contribution is 5.72. The van der Waals surface area contributed by atoms with Gasteiger partial charge >= 0.3 is 0 Å². The molecule has 0 amide bonds. The van der Waals surface area contributed by atoms with Crippen LogP contribution in [0.1, 0.15) is 74.7 Å². The largest absolute Gasteiger partial charge is 0.298 e. The Kier molecular flexibility index (Phi) is 14.1. The molecule has 0 bridgehead atoms. The summed E-state index contributed by atoms with van der Waals surface area (Å²) in [4.78, 5) is 10.6. The van der Waals surface area contributed by atoms with Gasteiger partial charge < -0.3 is 0 Å². The molecule has 36 heavy (non-hydrogen) atoms. The van der Waals surface area contributed by atoms with E-state index in [0.717, 1.165) is 11.9 Å². The molecular formula is C35H46O. The number of aldehydes is 1. The lowest BCUT2D eigenvalue weighted by molar-refractivity contribution is -0.104. The Morgan fingerprint density at radius 3 is 1.50 bits per heavy atom. The van der Waals surface area contributed by atoms with E-state index < -0.39 is 0 Å². The van der Waals surface area contributed by atoms with Crippen LogP contribution in [-0.4, -0.2) is 6.29 Å². The van der Waals surface area contributed by atoms with Crippen LogP contribution in [0.2, 0.25) is 0 Å². The standard InChI is InChI=1S/C35H46O/c1-28(17-11-19-30(3)20-13-22-32(5)27-36)15-9-10-16-29(2)18-12-21-31(4)24-25-34-33(6)23-14-26-35(34,7)8/h9-13,15-22,24-25,27H,14,23,26H2,1-8H3/b10-9+,17-11+,18-12+,20-13+,25-24+,28-15+,29-16+,30-19+,31-21+,32-22?. The van der Waals surface area contributed by atoms with E-state index in [9.17, 15) is 4.79 Å². The molecule has 0 aliphatic heterocycles. The Balaban J connectivity index is 2.62. The smallest absolute Gasteiger partial charge is 0.145 e. The van der Waals surface area contributed by atoms with Crippen molar-refractivity contribution in [3.05, 3.63) is 130 Å². The molecule has 0 aromatic heterocycles. The minimum atomic E-state index is 0.283. The molecular weight excluding hydrogens is 436 g/mol. The first kappa shape index (κ1) is 30.8. The van der Waals surface area contributed by atoms with Crippen LogP contribution in [0.5, 0.6) is 0 Å². The summed E-state index contributed by atoms with van der Waals surface area (Å²) in [5.74, 6) is 0. The Labute approximate surface area is 221 Å². The Hall–Kier alpha value is -3.19. The average Bonchev–Trinajstić information content (AvgIpc) is 2.81. The molecule has 0 radical (unpaired) electrons. The summed E-state index contributed by atoms with van der Waals surface area (Å²) in [5.41, 5.74) is 8.80. The van der Waals surface area contributed by atoms with Crippen LogP contribution in [0.3, 0.4) is 0 Å². The van der Waals surface area contributed by atoms with Gasteiger partial charge in [0.25, 0.3) is 0 Å². The molecule has 1 heteroatoms. The third-order valence-electron chi connectivity index (χ3n) is 6.23. The monoisotopic (exact) mass is 482 g/mol. The maximum absolute atomic E-state index is 10.6. The first-order chi connectivity index (χ1) is 17.0. The molecule has 0 N–H and O–H groups in total. The fourth-order valence-electron chi connectivity index (χ4n) is 3.96.